The van der Waals surface area contributed by atoms with Crippen molar-refractivity contribution in [2.24, 2.45) is 45.6 Å². The second kappa shape index (κ2) is 9.71. The first-order valence-corrected chi connectivity index (χ1v) is 13.3. The van der Waals surface area contributed by atoms with Crippen molar-refractivity contribution in [1.82, 2.24) is 4.90 Å². The lowest BCUT2D eigenvalue weighted by Gasteiger charge is -2.63. The summed E-state index contributed by atoms with van der Waals surface area (Å²) in [5, 5.41) is 14.9. The largest absolute Gasteiger partial charge is 0.396 e. The molecule has 4 rings (SSSR count). The highest BCUT2D eigenvalue weighted by Gasteiger charge is 2.60. The van der Waals surface area contributed by atoms with E-state index >= 15 is 0 Å². The second-order valence-electron chi connectivity index (χ2n) is 12.3. The average molecular weight is 433 g/mol. The molecule has 0 spiro atoms. The molecular formula is C27H48N2O2. The summed E-state index contributed by atoms with van der Waals surface area (Å²) in [4.78, 5) is 7.64. The minimum atomic E-state index is -0.0980. The van der Waals surface area contributed by atoms with E-state index in [0.717, 1.165) is 56.4 Å². The van der Waals surface area contributed by atoms with Crippen molar-refractivity contribution in [3.63, 3.8) is 0 Å². The van der Waals surface area contributed by atoms with Crippen molar-refractivity contribution in [3.05, 3.63) is 0 Å². The molecule has 4 heteroatoms. The maximum atomic E-state index is 10.7. The monoisotopic (exact) mass is 432 g/mol. The Morgan fingerprint density at radius 3 is 2.71 bits per heavy atom. The van der Waals surface area contributed by atoms with E-state index in [1.54, 1.807) is 0 Å². The molecule has 0 saturated heterocycles. The number of aliphatic hydroxyl groups is 1. The summed E-state index contributed by atoms with van der Waals surface area (Å²) in [6.07, 6.45) is 17.1. The van der Waals surface area contributed by atoms with Gasteiger partial charge in [-0.1, -0.05) is 25.4 Å². The van der Waals surface area contributed by atoms with E-state index in [9.17, 15) is 5.11 Å². The average Bonchev–Trinajstić information content (AvgIpc) is 3.12. The van der Waals surface area contributed by atoms with E-state index in [-0.39, 0.29) is 6.10 Å². The Labute approximate surface area is 191 Å². The molecule has 0 aliphatic heterocycles. The number of fused-ring (bicyclic) bond motifs is 5. The van der Waals surface area contributed by atoms with Crippen molar-refractivity contribution in [2.45, 2.75) is 97.0 Å². The first-order chi connectivity index (χ1) is 14.8. The number of oxime groups is 1. The van der Waals surface area contributed by atoms with Crippen molar-refractivity contribution in [2.75, 3.05) is 27.2 Å². The van der Waals surface area contributed by atoms with Crippen molar-refractivity contribution < 1.29 is 9.94 Å². The minimum absolute atomic E-state index is 0.0980. The van der Waals surface area contributed by atoms with Crippen LogP contribution in [0.5, 0.6) is 0 Å². The Morgan fingerprint density at radius 1 is 1.06 bits per heavy atom. The predicted octanol–water partition coefficient (Wildman–Crippen LogP) is 5.74. The van der Waals surface area contributed by atoms with Crippen LogP contribution in [0.2, 0.25) is 0 Å². The second-order valence-corrected chi connectivity index (χ2v) is 12.3. The molecule has 0 radical (unpaired) electrons. The lowest BCUT2D eigenvalue weighted by Crippen LogP contribution is -2.56. The minimum Gasteiger partial charge on any atom is -0.396 e. The van der Waals surface area contributed by atoms with Crippen molar-refractivity contribution in [3.8, 4) is 0 Å². The van der Waals surface area contributed by atoms with Gasteiger partial charge in [0.1, 0.15) is 6.61 Å². The number of rotatable bonds is 8. The summed E-state index contributed by atoms with van der Waals surface area (Å²) in [7, 11) is 4.18. The first-order valence-electron chi connectivity index (χ1n) is 13.3. The molecule has 4 saturated carbocycles. The van der Waals surface area contributed by atoms with E-state index in [4.69, 9.17) is 4.84 Å². The van der Waals surface area contributed by atoms with Gasteiger partial charge >= 0.3 is 0 Å². The highest BCUT2D eigenvalue weighted by molar-refractivity contribution is 5.56. The summed E-state index contributed by atoms with van der Waals surface area (Å²) < 4.78 is 0. The van der Waals surface area contributed by atoms with Crippen LogP contribution >= 0.6 is 0 Å². The van der Waals surface area contributed by atoms with Crippen LogP contribution in [0.4, 0.5) is 0 Å². The highest BCUT2D eigenvalue weighted by atomic mass is 16.6. The Bertz CT molecular complexity index is 622. The van der Waals surface area contributed by atoms with Crippen LogP contribution in [0.15, 0.2) is 5.16 Å². The molecule has 0 heterocycles. The molecule has 1 N–H and O–H groups in total. The van der Waals surface area contributed by atoms with Gasteiger partial charge < -0.3 is 14.8 Å². The van der Waals surface area contributed by atoms with Crippen molar-refractivity contribution in [1.29, 1.82) is 0 Å². The topological polar surface area (TPSA) is 45.1 Å². The third kappa shape index (κ3) is 4.71. The molecular weight excluding hydrogens is 384 g/mol. The van der Waals surface area contributed by atoms with E-state index in [2.05, 4.69) is 38.0 Å². The lowest BCUT2D eigenvalue weighted by atomic mass is 9.42. The summed E-state index contributed by atoms with van der Waals surface area (Å²) >= 11 is 0. The summed E-state index contributed by atoms with van der Waals surface area (Å²) in [6.45, 7) is 6.97. The van der Waals surface area contributed by atoms with Crippen molar-refractivity contribution >= 4 is 6.21 Å². The molecule has 4 aliphatic carbocycles. The van der Waals surface area contributed by atoms with Crippen LogP contribution in [0.1, 0.15) is 90.9 Å². The standard InChI is InChI=1S/C27H48N2O2/c1-26-13-5-9-24(26)23-11-10-21-19-22(30)18-20(27(21,2)25(23)12-14-26)8-6-15-28-31-17-7-16-29(3)4/h15,20-25,30H,5-14,16-19H2,1-4H3/b28-15+/t20?,21-,22+,23+,24+,25+,26+,27+/m1/s1. The number of aliphatic hydroxyl groups excluding tert-OH is 1. The molecule has 4 fully saturated rings. The third-order valence-electron chi connectivity index (χ3n) is 10.4. The lowest BCUT2D eigenvalue weighted by molar-refractivity contribution is -0.153. The van der Waals surface area contributed by atoms with Crippen LogP contribution < -0.4 is 0 Å². The van der Waals surface area contributed by atoms with Gasteiger partial charge in [-0.05, 0) is 125 Å². The number of hydrogen-bond donors (Lipinski definition) is 1. The molecule has 0 amide bonds. The Kier molecular flexibility index (Phi) is 7.38. The SMILES string of the molecule is CN(C)CCCO/N=C/CCC1C[C@H](O)C[C@H]2CC[C@H]3[C@@H]4CCC[C@@]4(C)CC[C@@H]3[C@@]12C. The Balaban J connectivity index is 1.38. The summed E-state index contributed by atoms with van der Waals surface area (Å²) in [5.41, 5.74) is 1.04. The normalized spacial score (nSPS) is 44.8. The Hall–Kier alpha value is -0.610. The van der Waals surface area contributed by atoms with E-state index in [1.807, 2.05) is 6.21 Å². The highest BCUT2D eigenvalue weighted by Crippen LogP contribution is 2.67. The van der Waals surface area contributed by atoms with Crippen LogP contribution in [-0.4, -0.2) is 49.6 Å². The molecule has 4 aliphatic rings. The molecule has 178 valence electrons. The fourth-order valence-corrected chi connectivity index (χ4v) is 8.79. The molecule has 4 nitrogen and oxygen atoms in total. The fraction of sp³-hybridized carbons (Fsp3) is 0.963. The first kappa shape index (κ1) is 23.5. The smallest absolute Gasteiger partial charge is 0.118 e. The molecule has 0 bridgehead atoms. The van der Waals surface area contributed by atoms with Gasteiger partial charge in [0.15, 0.2) is 0 Å². The Morgan fingerprint density at radius 2 is 1.90 bits per heavy atom. The zero-order chi connectivity index (χ0) is 22.1. The third-order valence-corrected chi connectivity index (χ3v) is 10.4. The fourth-order valence-electron chi connectivity index (χ4n) is 8.79. The van der Waals surface area contributed by atoms with Gasteiger partial charge in [-0.3, -0.25) is 0 Å². The van der Waals surface area contributed by atoms with Gasteiger partial charge in [-0.25, -0.2) is 0 Å². The number of nitrogens with zero attached hydrogens (tertiary/aromatic N) is 2. The van der Waals surface area contributed by atoms with E-state index < -0.39 is 0 Å². The van der Waals surface area contributed by atoms with Crippen LogP contribution in [0.3, 0.4) is 0 Å². The van der Waals surface area contributed by atoms with Gasteiger partial charge in [0.05, 0.1) is 6.10 Å². The summed E-state index contributed by atoms with van der Waals surface area (Å²) in [6, 6.07) is 0. The maximum Gasteiger partial charge on any atom is 0.118 e. The molecule has 0 aromatic heterocycles. The molecule has 8 atom stereocenters. The van der Waals surface area contributed by atoms with Crippen LogP contribution in [0.25, 0.3) is 0 Å². The van der Waals surface area contributed by atoms with Crippen LogP contribution in [0, 0.1) is 40.4 Å². The maximum absolute atomic E-state index is 10.7. The van der Waals surface area contributed by atoms with Gasteiger partial charge in [0.2, 0.25) is 0 Å². The molecule has 0 aromatic rings. The predicted molar refractivity (Wildman–Crippen MR) is 128 cm³/mol. The quantitative estimate of drug-likeness (QED) is 0.302. The van der Waals surface area contributed by atoms with E-state index in [0.29, 0.717) is 29.3 Å². The summed E-state index contributed by atoms with van der Waals surface area (Å²) in [5.74, 6) is 4.12. The zero-order valence-corrected chi connectivity index (χ0v) is 20.7. The van der Waals surface area contributed by atoms with Gasteiger partial charge in [-0.15, -0.1) is 0 Å². The molecule has 31 heavy (non-hydrogen) atoms. The van der Waals surface area contributed by atoms with Gasteiger partial charge in [0, 0.05) is 12.8 Å². The number of hydrogen-bond acceptors (Lipinski definition) is 4. The van der Waals surface area contributed by atoms with Gasteiger partial charge in [0.25, 0.3) is 0 Å². The zero-order valence-electron chi connectivity index (χ0n) is 20.7. The van der Waals surface area contributed by atoms with E-state index in [1.165, 1.54) is 44.9 Å². The van der Waals surface area contributed by atoms with Crippen LogP contribution in [-0.2, 0) is 4.84 Å². The molecule has 1 unspecified atom stereocenters. The van der Waals surface area contributed by atoms with Gasteiger partial charge in [-0.2, -0.15) is 0 Å². The molecule has 0 aromatic carbocycles.